The van der Waals surface area contributed by atoms with Gasteiger partial charge in [0, 0.05) is 5.56 Å². The van der Waals surface area contributed by atoms with Crippen molar-refractivity contribution >= 4 is 6.21 Å². The van der Waals surface area contributed by atoms with Crippen LogP contribution in [0.15, 0.2) is 77.9 Å². The number of nitrogens with zero attached hydrogens (tertiary/aromatic N) is 1. The first-order valence-corrected chi connectivity index (χ1v) is 8.91. The molecule has 0 bridgehead atoms. The van der Waals surface area contributed by atoms with Gasteiger partial charge in [-0.15, -0.1) is 0 Å². The lowest BCUT2D eigenvalue weighted by Gasteiger charge is -2.07. The fraction of sp³-hybridized carbons (Fsp3) is 0.174. The van der Waals surface area contributed by atoms with E-state index < -0.39 is 0 Å². The summed E-state index contributed by atoms with van der Waals surface area (Å²) in [6.07, 6.45) is 1.79. The molecule has 0 aliphatic rings. The minimum absolute atomic E-state index is 0.564. The van der Waals surface area contributed by atoms with Crippen molar-refractivity contribution in [2.75, 3.05) is 7.11 Å². The molecule has 0 radical (unpaired) electrons. The van der Waals surface area contributed by atoms with E-state index in [9.17, 15) is 0 Å². The molecule has 3 aromatic rings. The van der Waals surface area contributed by atoms with Crippen molar-refractivity contribution in [3.05, 3.63) is 95.1 Å². The molecule has 138 valence electrons. The average molecular weight is 360 g/mol. The largest absolute Gasteiger partial charge is 0.496 e. The third-order valence-electron chi connectivity index (χ3n) is 4.17. The van der Waals surface area contributed by atoms with Gasteiger partial charge < -0.3 is 14.9 Å². The Bertz CT molecular complexity index is 872. The number of hydrogen-bond acceptors (Lipinski definition) is 4. The number of benzene rings is 3. The fourth-order valence-corrected chi connectivity index (χ4v) is 2.60. The van der Waals surface area contributed by atoms with Crippen molar-refractivity contribution in [3.8, 4) is 11.5 Å². The predicted octanol–water partition coefficient (Wildman–Crippen LogP) is 4.71. The summed E-state index contributed by atoms with van der Waals surface area (Å²) >= 11 is 0. The first-order chi connectivity index (χ1) is 13.2. The van der Waals surface area contributed by atoms with Gasteiger partial charge in [0.05, 0.1) is 19.9 Å². The van der Waals surface area contributed by atoms with Gasteiger partial charge in [-0.2, -0.15) is 5.10 Å². The molecule has 0 unspecified atom stereocenters. The van der Waals surface area contributed by atoms with Gasteiger partial charge in [-0.05, 0) is 48.4 Å². The third kappa shape index (κ3) is 5.61. The number of para-hydroxylation sites is 1. The van der Waals surface area contributed by atoms with Crippen molar-refractivity contribution in [1.82, 2.24) is 5.43 Å². The van der Waals surface area contributed by atoms with Crippen LogP contribution in [0.5, 0.6) is 11.5 Å². The maximum absolute atomic E-state index is 5.82. The van der Waals surface area contributed by atoms with Crippen LogP contribution in [0.1, 0.15) is 22.3 Å². The molecule has 0 saturated heterocycles. The van der Waals surface area contributed by atoms with Crippen molar-refractivity contribution in [1.29, 1.82) is 0 Å². The molecule has 0 spiro atoms. The van der Waals surface area contributed by atoms with Crippen molar-refractivity contribution in [2.45, 2.75) is 20.1 Å². The van der Waals surface area contributed by atoms with E-state index in [4.69, 9.17) is 9.47 Å². The molecule has 0 aliphatic heterocycles. The van der Waals surface area contributed by atoms with Crippen LogP contribution in [0.25, 0.3) is 0 Å². The topological polar surface area (TPSA) is 42.8 Å². The number of nitrogens with one attached hydrogen (secondary N) is 1. The zero-order valence-corrected chi connectivity index (χ0v) is 15.7. The van der Waals surface area contributed by atoms with E-state index >= 15 is 0 Å². The Morgan fingerprint density at radius 3 is 2.41 bits per heavy atom. The number of methoxy groups -OCH3 is 1. The van der Waals surface area contributed by atoms with Crippen molar-refractivity contribution in [2.24, 2.45) is 5.10 Å². The van der Waals surface area contributed by atoms with E-state index in [1.165, 1.54) is 5.56 Å². The van der Waals surface area contributed by atoms with Crippen LogP contribution in [0, 0.1) is 6.92 Å². The highest BCUT2D eigenvalue weighted by Gasteiger charge is 2.00. The maximum Gasteiger partial charge on any atom is 0.123 e. The first kappa shape index (κ1) is 18.5. The number of ether oxygens (including phenoxy) is 2. The van der Waals surface area contributed by atoms with Crippen LogP contribution in [-0.4, -0.2) is 13.3 Å². The van der Waals surface area contributed by atoms with Gasteiger partial charge >= 0.3 is 0 Å². The van der Waals surface area contributed by atoms with E-state index in [2.05, 4.69) is 41.7 Å². The highest BCUT2D eigenvalue weighted by atomic mass is 16.5. The maximum atomic E-state index is 5.82. The molecule has 0 heterocycles. The molecular formula is C23H24N2O2. The number of aryl methyl sites for hydroxylation is 1. The molecule has 3 rings (SSSR count). The lowest BCUT2D eigenvalue weighted by Crippen LogP contribution is -2.06. The first-order valence-electron chi connectivity index (χ1n) is 8.91. The molecule has 1 N–H and O–H groups in total. The SMILES string of the molecule is COc1ccccc1CN/N=C/c1ccc(OCc2ccc(C)cc2)cc1. The minimum Gasteiger partial charge on any atom is -0.496 e. The van der Waals surface area contributed by atoms with Gasteiger partial charge in [-0.3, -0.25) is 0 Å². The summed E-state index contributed by atoms with van der Waals surface area (Å²) in [4.78, 5) is 0. The summed E-state index contributed by atoms with van der Waals surface area (Å²) < 4.78 is 11.2. The molecular weight excluding hydrogens is 336 g/mol. The zero-order valence-electron chi connectivity index (χ0n) is 15.7. The lowest BCUT2D eigenvalue weighted by atomic mass is 10.2. The van der Waals surface area contributed by atoms with E-state index in [1.807, 2.05) is 48.5 Å². The summed E-state index contributed by atoms with van der Waals surface area (Å²) in [6, 6.07) is 24.1. The van der Waals surface area contributed by atoms with E-state index in [0.29, 0.717) is 13.2 Å². The van der Waals surface area contributed by atoms with Crippen molar-refractivity contribution < 1.29 is 9.47 Å². The highest BCUT2D eigenvalue weighted by molar-refractivity contribution is 5.79. The van der Waals surface area contributed by atoms with Gasteiger partial charge in [0.1, 0.15) is 18.1 Å². The zero-order chi connectivity index (χ0) is 18.9. The van der Waals surface area contributed by atoms with Crippen LogP contribution in [-0.2, 0) is 13.2 Å². The molecule has 0 amide bonds. The van der Waals surface area contributed by atoms with E-state index in [-0.39, 0.29) is 0 Å². The van der Waals surface area contributed by atoms with Crippen LogP contribution >= 0.6 is 0 Å². The molecule has 0 aromatic heterocycles. The molecule has 4 nitrogen and oxygen atoms in total. The summed E-state index contributed by atoms with van der Waals surface area (Å²) in [5.41, 5.74) is 7.53. The molecule has 4 heteroatoms. The molecule has 0 fully saturated rings. The summed E-state index contributed by atoms with van der Waals surface area (Å²) in [6.45, 7) is 3.25. The summed E-state index contributed by atoms with van der Waals surface area (Å²) in [5, 5.41) is 4.27. The predicted molar refractivity (Wildman–Crippen MR) is 109 cm³/mol. The normalized spacial score (nSPS) is 10.7. The second-order valence-electron chi connectivity index (χ2n) is 6.25. The van der Waals surface area contributed by atoms with Crippen molar-refractivity contribution in [3.63, 3.8) is 0 Å². The number of rotatable bonds is 8. The minimum atomic E-state index is 0.564. The Kier molecular flexibility index (Phi) is 6.47. The average Bonchev–Trinajstić information content (AvgIpc) is 2.72. The molecule has 0 saturated carbocycles. The molecule has 0 atom stereocenters. The van der Waals surface area contributed by atoms with Gasteiger partial charge in [-0.25, -0.2) is 0 Å². The Labute approximate surface area is 160 Å². The van der Waals surface area contributed by atoms with Gasteiger partial charge in [0.2, 0.25) is 0 Å². The fourth-order valence-electron chi connectivity index (χ4n) is 2.60. The van der Waals surface area contributed by atoms with E-state index in [0.717, 1.165) is 28.2 Å². The van der Waals surface area contributed by atoms with Crippen LogP contribution in [0.4, 0.5) is 0 Å². The standard InChI is InChI=1S/C23H24N2O2/c1-18-7-9-20(10-8-18)17-27-22-13-11-19(12-14-22)15-24-25-16-21-5-3-4-6-23(21)26-2/h3-15,25H,16-17H2,1-2H3/b24-15+. The van der Waals surface area contributed by atoms with Crippen LogP contribution in [0.3, 0.4) is 0 Å². The summed E-state index contributed by atoms with van der Waals surface area (Å²) in [7, 11) is 1.67. The monoisotopic (exact) mass is 360 g/mol. The quantitative estimate of drug-likeness (QED) is 0.467. The molecule has 3 aromatic carbocycles. The Balaban J connectivity index is 1.48. The van der Waals surface area contributed by atoms with E-state index in [1.54, 1.807) is 13.3 Å². The Morgan fingerprint density at radius 1 is 0.926 bits per heavy atom. The van der Waals surface area contributed by atoms with Crippen LogP contribution in [0.2, 0.25) is 0 Å². The Morgan fingerprint density at radius 2 is 1.67 bits per heavy atom. The third-order valence-corrected chi connectivity index (χ3v) is 4.17. The van der Waals surface area contributed by atoms with Gasteiger partial charge in [0.25, 0.3) is 0 Å². The second-order valence-corrected chi connectivity index (χ2v) is 6.25. The summed E-state index contributed by atoms with van der Waals surface area (Å²) in [5.74, 6) is 1.70. The molecule has 27 heavy (non-hydrogen) atoms. The molecule has 0 aliphatic carbocycles. The number of hydrazone groups is 1. The second kappa shape index (κ2) is 9.43. The lowest BCUT2D eigenvalue weighted by molar-refractivity contribution is 0.306. The van der Waals surface area contributed by atoms with Crippen LogP contribution < -0.4 is 14.9 Å². The Hall–Kier alpha value is -3.27. The van der Waals surface area contributed by atoms with Gasteiger partial charge in [-0.1, -0.05) is 48.0 Å². The highest BCUT2D eigenvalue weighted by Crippen LogP contribution is 2.17. The number of hydrogen-bond donors (Lipinski definition) is 1. The smallest absolute Gasteiger partial charge is 0.123 e. The van der Waals surface area contributed by atoms with Gasteiger partial charge in [0.15, 0.2) is 0 Å².